The van der Waals surface area contributed by atoms with Crippen molar-refractivity contribution in [3.8, 4) is 0 Å². The molecule has 14 heavy (non-hydrogen) atoms. The molecule has 2 unspecified atom stereocenters. The molecule has 0 fully saturated rings. The first-order valence-corrected chi connectivity index (χ1v) is 4.31. The van der Waals surface area contributed by atoms with E-state index in [0.29, 0.717) is 11.3 Å². The highest BCUT2D eigenvalue weighted by Gasteiger charge is 2.16. The summed E-state index contributed by atoms with van der Waals surface area (Å²) in [5, 5.41) is 20.8. The molecule has 0 aliphatic carbocycles. The number of tetrazole rings is 1. The van der Waals surface area contributed by atoms with Crippen LogP contribution in [0.3, 0.4) is 0 Å². The summed E-state index contributed by atoms with van der Waals surface area (Å²) in [7, 11) is 0. The standard InChI is InChI=1S/C8H11N5O/c1-5(9)8(14)6-3-2-4-7-10-11-12-13(6)7/h2-5,8,14H,9H2,1H3. The van der Waals surface area contributed by atoms with Gasteiger partial charge < -0.3 is 10.8 Å². The zero-order valence-electron chi connectivity index (χ0n) is 7.70. The molecule has 0 radical (unpaired) electrons. The van der Waals surface area contributed by atoms with Gasteiger partial charge in [0.15, 0.2) is 5.65 Å². The molecule has 0 aliphatic heterocycles. The monoisotopic (exact) mass is 193 g/mol. The molecule has 0 bridgehead atoms. The lowest BCUT2D eigenvalue weighted by Crippen LogP contribution is -2.26. The minimum Gasteiger partial charge on any atom is -0.385 e. The summed E-state index contributed by atoms with van der Waals surface area (Å²) in [5.74, 6) is 0. The Bertz CT molecular complexity index is 438. The smallest absolute Gasteiger partial charge is 0.179 e. The quantitative estimate of drug-likeness (QED) is 0.671. The highest BCUT2D eigenvalue weighted by molar-refractivity contribution is 5.36. The zero-order chi connectivity index (χ0) is 10.1. The molecule has 0 amide bonds. The topological polar surface area (TPSA) is 89.3 Å². The molecule has 6 nitrogen and oxygen atoms in total. The van der Waals surface area contributed by atoms with Crippen LogP contribution in [0.15, 0.2) is 18.2 Å². The van der Waals surface area contributed by atoms with E-state index in [4.69, 9.17) is 5.73 Å². The largest absolute Gasteiger partial charge is 0.385 e. The van der Waals surface area contributed by atoms with Crippen LogP contribution >= 0.6 is 0 Å². The second-order valence-corrected chi connectivity index (χ2v) is 3.20. The van der Waals surface area contributed by atoms with Crippen molar-refractivity contribution in [3.63, 3.8) is 0 Å². The van der Waals surface area contributed by atoms with Gasteiger partial charge >= 0.3 is 0 Å². The van der Waals surface area contributed by atoms with Crippen LogP contribution in [0.25, 0.3) is 5.65 Å². The van der Waals surface area contributed by atoms with Gasteiger partial charge in [0.25, 0.3) is 0 Å². The van der Waals surface area contributed by atoms with Gasteiger partial charge in [0.1, 0.15) is 6.10 Å². The van der Waals surface area contributed by atoms with Gasteiger partial charge in [0.05, 0.1) is 5.69 Å². The number of aliphatic hydroxyl groups excluding tert-OH is 1. The maximum atomic E-state index is 9.77. The zero-order valence-corrected chi connectivity index (χ0v) is 7.70. The van der Waals surface area contributed by atoms with Crippen LogP contribution in [0, 0.1) is 0 Å². The number of hydrogen-bond donors (Lipinski definition) is 2. The van der Waals surface area contributed by atoms with E-state index in [1.165, 1.54) is 4.52 Å². The summed E-state index contributed by atoms with van der Waals surface area (Å²) in [6, 6.07) is 4.94. The summed E-state index contributed by atoms with van der Waals surface area (Å²) >= 11 is 0. The summed E-state index contributed by atoms with van der Waals surface area (Å²) in [4.78, 5) is 0. The molecule has 2 heterocycles. The predicted octanol–water partition coefficient (Wildman–Crippen LogP) is -0.495. The Morgan fingerprint density at radius 2 is 2.29 bits per heavy atom. The van der Waals surface area contributed by atoms with Crippen molar-refractivity contribution in [1.82, 2.24) is 20.0 Å². The van der Waals surface area contributed by atoms with Crippen LogP contribution in [-0.2, 0) is 0 Å². The molecule has 0 aromatic carbocycles. The van der Waals surface area contributed by atoms with Crippen LogP contribution < -0.4 is 5.73 Å². The average molecular weight is 193 g/mol. The van der Waals surface area contributed by atoms with Gasteiger partial charge in [0, 0.05) is 6.04 Å². The van der Waals surface area contributed by atoms with Crippen molar-refractivity contribution in [1.29, 1.82) is 0 Å². The van der Waals surface area contributed by atoms with Crippen molar-refractivity contribution >= 4 is 5.65 Å². The third kappa shape index (κ3) is 1.34. The Morgan fingerprint density at radius 3 is 3.00 bits per heavy atom. The fraction of sp³-hybridized carbons (Fsp3) is 0.375. The Balaban J connectivity index is 2.56. The Hall–Kier alpha value is -1.53. The Kier molecular flexibility index (Phi) is 2.14. The van der Waals surface area contributed by atoms with Crippen molar-refractivity contribution in [3.05, 3.63) is 23.9 Å². The molecule has 2 atom stereocenters. The van der Waals surface area contributed by atoms with E-state index < -0.39 is 6.10 Å². The first kappa shape index (κ1) is 9.04. The van der Waals surface area contributed by atoms with Crippen LogP contribution in [0.5, 0.6) is 0 Å². The van der Waals surface area contributed by atoms with E-state index in [0.717, 1.165) is 0 Å². The van der Waals surface area contributed by atoms with E-state index >= 15 is 0 Å². The molecule has 3 N–H and O–H groups in total. The fourth-order valence-electron chi connectivity index (χ4n) is 1.28. The molecular formula is C8H11N5O. The third-order valence-corrected chi connectivity index (χ3v) is 2.05. The second kappa shape index (κ2) is 3.32. The van der Waals surface area contributed by atoms with Gasteiger partial charge in [-0.05, 0) is 29.5 Å². The first-order valence-electron chi connectivity index (χ1n) is 4.31. The van der Waals surface area contributed by atoms with Crippen molar-refractivity contribution in [2.75, 3.05) is 0 Å². The van der Waals surface area contributed by atoms with E-state index in [9.17, 15) is 5.11 Å². The van der Waals surface area contributed by atoms with Gasteiger partial charge in [0.2, 0.25) is 0 Å². The number of rotatable bonds is 2. The van der Waals surface area contributed by atoms with E-state index in [-0.39, 0.29) is 6.04 Å². The molecule has 0 spiro atoms. The normalized spacial score (nSPS) is 15.6. The van der Waals surface area contributed by atoms with Crippen LogP contribution in [0.4, 0.5) is 0 Å². The van der Waals surface area contributed by atoms with Gasteiger partial charge in [-0.15, -0.1) is 5.10 Å². The molecule has 6 heteroatoms. The number of nitrogens with two attached hydrogens (primary N) is 1. The molecule has 2 aromatic rings. The second-order valence-electron chi connectivity index (χ2n) is 3.20. The average Bonchev–Trinajstić information content (AvgIpc) is 2.63. The van der Waals surface area contributed by atoms with Crippen LogP contribution in [0.1, 0.15) is 18.7 Å². The SMILES string of the molecule is CC(N)C(O)c1cccc2nnnn12. The lowest BCUT2D eigenvalue weighted by molar-refractivity contribution is 0.146. The maximum absolute atomic E-state index is 9.77. The van der Waals surface area contributed by atoms with E-state index in [1.54, 1.807) is 25.1 Å². The van der Waals surface area contributed by atoms with Crippen molar-refractivity contribution < 1.29 is 5.11 Å². The lowest BCUT2D eigenvalue weighted by Gasteiger charge is -2.14. The summed E-state index contributed by atoms with van der Waals surface area (Å²) in [6.07, 6.45) is -0.762. The number of pyridine rings is 1. The van der Waals surface area contributed by atoms with Crippen LogP contribution in [0.2, 0.25) is 0 Å². The summed E-state index contributed by atoms with van der Waals surface area (Å²) < 4.78 is 1.48. The number of hydrogen-bond acceptors (Lipinski definition) is 5. The van der Waals surface area contributed by atoms with Gasteiger partial charge in [-0.25, -0.2) is 0 Å². The molecule has 0 saturated carbocycles. The maximum Gasteiger partial charge on any atom is 0.179 e. The van der Waals surface area contributed by atoms with Gasteiger partial charge in [-0.2, -0.15) is 4.52 Å². The number of fused-ring (bicyclic) bond motifs is 1. The summed E-state index contributed by atoms with van der Waals surface area (Å²) in [5.41, 5.74) is 6.79. The predicted molar refractivity (Wildman–Crippen MR) is 49.4 cm³/mol. The van der Waals surface area contributed by atoms with Crippen molar-refractivity contribution in [2.45, 2.75) is 19.1 Å². The molecule has 74 valence electrons. The number of aliphatic hydroxyl groups is 1. The minimum atomic E-state index is -0.762. The molecule has 0 saturated heterocycles. The van der Waals surface area contributed by atoms with Gasteiger partial charge in [-0.1, -0.05) is 6.07 Å². The molecule has 0 aliphatic rings. The van der Waals surface area contributed by atoms with E-state index in [2.05, 4.69) is 15.5 Å². The first-order chi connectivity index (χ1) is 6.70. The Morgan fingerprint density at radius 1 is 1.50 bits per heavy atom. The fourth-order valence-corrected chi connectivity index (χ4v) is 1.28. The van der Waals surface area contributed by atoms with Crippen LogP contribution in [-0.4, -0.2) is 31.2 Å². The number of nitrogens with zero attached hydrogens (tertiary/aromatic N) is 4. The van der Waals surface area contributed by atoms with E-state index in [1.807, 2.05) is 0 Å². The highest BCUT2D eigenvalue weighted by atomic mass is 16.3. The number of aromatic nitrogens is 4. The van der Waals surface area contributed by atoms with Gasteiger partial charge in [-0.3, -0.25) is 0 Å². The molecule has 2 rings (SSSR count). The lowest BCUT2D eigenvalue weighted by atomic mass is 10.1. The summed E-state index contributed by atoms with van der Waals surface area (Å²) in [6.45, 7) is 1.73. The molecule has 2 aromatic heterocycles. The third-order valence-electron chi connectivity index (χ3n) is 2.05. The minimum absolute atomic E-state index is 0.357. The highest BCUT2D eigenvalue weighted by Crippen LogP contribution is 2.15. The molecular weight excluding hydrogens is 182 g/mol. The Labute approximate surface area is 80.3 Å². The van der Waals surface area contributed by atoms with Crippen molar-refractivity contribution in [2.24, 2.45) is 5.73 Å².